The quantitative estimate of drug-likeness (QED) is 0.798. The average Bonchev–Trinajstić information content (AvgIpc) is 2.87. The number of hydrogen-bond acceptors (Lipinski definition) is 3. The molecule has 0 aromatic rings. The van der Waals surface area contributed by atoms with E-state index in [9.17, 15) is 9.18 Å². The predicted octanol–water partition coefficient (Wildman–Crippen LogP) is 1.51. The van der Waals surface area contributed by atoms with Crippen LogP contribution in [0.25, 0.3) is 0 Å². The fourth-order valence-electron chi connectivity index (χ4n) is 2.19. The second-order valence-electron chi connectivity index (χ2n) is 5.01. The minimum atomic E-state index is -0.295. The first-order chi connectivity index (χ1) is 9.04. The van der Waals surface area contributed by atoms with Crippen LogP contribution >= 0.6 is 0 Å². The summed E-state index contributed by atoms with van der Waals surface area (Å²) in [6.07, 6.45) is 2.93. The number of hydrogen-bond donors (Lipinski definition) is 1. The Labute approximate surface area is 117 Å². The van der Waals surface area contributed by atoms with Gasteiger partial charge < -0.3 is 15.1 Å². The molecule has 1 fully saturated rings. The Kier molecular flexibility index (Phi) is 9.79. The van der Waals surface area contributed by atoms with Gasteiger partial charge in [-0.1, -0.05) is 13.8 Å². The maximum atomic E-state index is 12.1. The topological polar surface area (TPSA) is 35.6 Å². The number of carbonyl (C=O) groups is 1. The van der Waals surface area contributed by atoms with Gasteiger partial charge in [0.2, 0.25) is 5.91 Å². The van der Waals surface area contributed by atoms with Crippen LogP contribution in [-0.4, -0.2) is 68.7 Å². The summed E-state index contributed by atoms with van der Waals surface area (Å²) in [6.45, 7) is 5.08. The first-order valence-electron chi connectivity index (χ1n) is 7.26. The van der Waals surface area contributed by atoms with Crippen LogP contribution in [0, 0.1) is 0 Å². The van der Waals surface area contributed by atoms with E-state index in [0.717, 1.165) is 25.8 Å². The highest BCUT2D eigenvalue weighted by Gasteiger charge is 2.29. The minimum absolute atomic E-state index is 0.0264. The Bertz CT molecular complexity index is 249. The van der Waals surface area contributed by atoms with Crippen LogP contribution in [-0.2, 0) is 4.79 Å². The standard InChI is InChI=1S/C12H24FN3O.C2H6/c1-15(2)12(17)11-5-4-10(14-11)6-8-16(3)9-7-13;1-2/h10-11,14H,4-9H2,1-3H3;1-2H3. The van der Waals surface area contributed by atoms with Crippen molar-refractivity contribution in [2.24, 2.45) is 0 Å². The van der Waals surface area contributed by atoms with Crippen LogP contribution in [0.2, 0.25) is 0 Å². The van der Waals surface area contributed by atoms with Gasteiger partial charge in [-0.15, -0.1) is 0 Å². The largest absolute Gasteiger partial charge is 0.347 e. The van der Waals surface area contributed by atoms with Crippen molar-refractivity contribution < 1.29 is 9.18 Å². The van der Waals surface area contributed by atoms with E-state index in [1.54, 1.807) is 19.0 Å². The van der Waals surface area contributed by atoms with E-state index < -0.39 is 0 Å². The second kappa shape index (κ2) is 10.1. The number of amides is 1. The number of rotatable bonds is 6. The van der Waals surface area contributed by atoms with Gasteiger partial charge in [0.25, 0.3) is 0 Å². The number of halogens is 1. The molecule has 0 radical (unpaired) electrons. The number of likely N-dealkylation sites (N-methyl/N-ethyl adjacent to an activating group) is 1. The lowest BCUT2D eigenvalue weighted by Crippen LogP contribution is -2.42. The third kappa shape index (κ3) is 6.87. The molecular weight excluding hydrogens is 245 g/mol. The molecule has 1 saturated heterocycles. The SMILES string of the molecule is CC.CN(CCF)CCC1CCC(C(=O)N(C)C)N1. The lowest BCUT2D eigenvalue weighted by Gasteiger charge is -2.20. The molecule has 114 valence electrons. The number of nitrogens with zero attached hydrogens (tertiary/aromatic N) is 2. The summed E-state index contributed by atoms with van der Waals surface area (Å²) in [4.78, 5) is 15.4. The van der Waals surface area contributed by atoms with E-state index in [-0.39, 0.29) is 18.6 Å². The van der Waals surface area contributed by atoms with E-state index in [1.165, 1.54) is 0 Å². The van der Waals surface area contributed by atoms with Crippen LogP contribution in [0.3, 0.4) is 0 Å². The zero-order chi connectivity index (χ0) is 14.8. The van der Waals surface area contributed by atoms with Crippen molar-refractivity contribution >= 4 is 5.91 Å². The summed E-state index contributed by atoms with van der Waals surface area (Å²) in [5.74, 6) is 0.157. The molecule has 2 unspecified atom stereocenters. The first kappa shape index (κ1) is 18.3. The molecule has 2 atom stereocenters. The molecule has 5 heteroatoms. The van der Waals surface area contributed by atoms with Crippen molar-refractivity contribution in [3.05, 3.63) is 0 Å². The van der Waals surface area contributed by atoms with Gasteiger partial charge in [0, 0.05) is 26.7 Å². The van der Waals surface area contributed by atoms with Crippen LogP contribution in [0.4, 0.5) is 4.39 Å². The third-order valence-corrected chi connectivity index (χ3v) is 3.31. The summed E-state index contributed by atoms with van der Waals surface area (Å²) in [5.41, 5.74) is 0. The summed E-state index contributed by atoms with van der Waals surface area (Å²) in [5, 5.41) is 3.36. The molecule has 0 aromatic heterocycles. The van der Waals surface area contributed by atoms with E-state index in [1.807, 2.05) is 25.8 Å². The van der Waals surface area contributed by atoms with Crippen LogP contribution in [0.1, 0.15) is 33.1 Å². The van der Waals surface area contributed by atoms with Crippen molar-refractivity contribution in [2.45, 2.75) is 45.2 Å². The van der Waals surface area contributed by atoms with E-state index in [0.29, 0.717) is 12.6 Å². The Morgan fingerprint density at radius 1 is 1.21 bits per heavy atom. The van der Waals surface area contributed by atoms with E-state index in [2.05, 4.69) is 5.32 Å². The van der Waals surface area contributed by atoms with Crippen molar-refractivity contribution in [1.29, 1.82) is 0 Å². The van der Waals surface area contributed by atoms with Gasteiger partial charge in [0.05, 0.1) is 6.04 Å². The van der Waals surface area contributed by atoms with Gasteiger partial charge in [-0.25, -0.2) is 4.39 Å². The van der Waals surface area contributed by atoms with Gasteiger partial charge in [0.1, 0.15) is 6.67 Å². The van der Waals surface area contributed by atoms with Gasteiger partial charge in [0.15, 0.2) is 0 Å². The van der Waals surface area contributed by atoms with Gasteiger partial charge >= 0.3 is 0 Å². The van der Waals surface area contributed by atoms with Crippen LogP contribution < -0.4 is 5.32 Å². The molecule has 0 spiro atoms. The highest BCUT2D eigenvalue weighted by Crippen LogP contribution is 2.16. The summed E-state index contributed by atoms with van der Waals surface area (Å²) in [6, 6.07) is 0.368. The Balaban J connectivity index is 0.00000154. The first-order valence-corrected chi connectivity index (χ1v) is 7.26. The van der Waals surface area contributed by atoms with Crippen molar-refractivity contribution in [1.82, 2.24) is 15.1 Å². The molecule has 1 heterocycles. The summed E-state index contributed by atoms with van der Waals surface area (Å²) >= 11 is 0. The smallest absolute Gasteiger partial charge is 0.239 e. The Morgan fingerprint density at radius 3 is 2.37 bits per heavy atom. The maximum absolute atomic E-state index is 12.1. The van der Waals surface area contributed by atoms with E-state index >= 15 is 0 Å². The van der Waals surface area contributed by atoms with Crippen LogP contribution in [0.5, 0.6) is 0 Å². The average molecular weight is 275 g/mol. The fraction of sp³-hybridized carbons (Fsp3) is 0.929. The molecule has 1 rings (SSSR count). The zero-order valence-corrected chi connectivity index (χ0v) is 13.1. The van der Waals surface area contributed by atoms with Crippen molar-refractivity contribution in [3.63, 3.8) is 0 Å². The third-order valence-electron chi connectivity index (χ3n) is 3.31. The highest BCUT2D eigenvalue weighted by molar-refractivity contribution is 5.81. The summed E-state index contributed by atoms with van der Waals surface area (Å²) in [7, 11) is 5.50. The van der Waals surface area contributed by atoms with E-state index in [4.69, 9.17) is 0 Å². The molecule has 0 bridgehead atoms. The molecule has 1 aliphatic heterocycles. The monoisotopic (exact) mass is 275 g/mol. The van der Waals surface area contributed by atoms with Crippen molar-refractivity contribution in [2.75, 3.05) is 40.9 Å². The van der Waals surface area contributed by atoms with Gasteiger partial charge in [-0.05, 0) is 32.9 Å². The van der Waals surface area contributed by atoms with Crippen molar-refractivity contribution in [3.8, 4) is 0 Å². The van der Waals surface area contributed by atoms with Crippen LogP contribution in [0.15, 0.2) is 0 Å². The number of carbonyl (C=O) groups excluding carboxylic acids is 1. The summed E-state index contributed by atoms with van der Waals surface area (Å²) < 4.78 is 12.1. The highest BCUT2D eigenvalue weighted by atomic mass is 19.1. The lowest BCUT2D eigenvalue weighted by molar-refractivity contribution is -0.130. The zero-order valence-electron chi connectivity index (χ0n) is 13.1. The minimum Gasteiger partial charge on any atom is -0.347 e. The molecule has 0 saturated carbocycles. The Morgan fingerprint density at radius 2 is 1.84 bits per heavy atom. The predicted molar refractivity (Wildman–Crippen MR) is 78.1 cm³/mol. The molecule has 0 aromatic carbocycles. The molecule has 1 N–H and O–H groups in total. The second-order valence-corrected chi connectivity index (χ2v) is 5.01. The molecule has 0 aliphatic carbocycles. The molecular formula is C14H30FN3O. The van der Waals surface area contributed by atoms with Gasteiger partial charge in [-0.2, -0.15) is 0 Å². The fourth-order valence-corrected chi connectivity index (χ4v) is 2.19. The number of nitrogens with one attached hydrogen (secondary N) is 1. The lowest BCUT2D eigenvalue weighted by atomic mass is 10.1. The number of alkyl halides is 1. The maximum Gasteiger partial charge on any atom is 0.239 e. The molecule has 1 aliphatic rings. The normalized spacial score (nSPS) is 22.1. The molecule has 19 heavy (non-hydrogen) atoms. The van der Waals surface area contributed by atoms with Gasteiger partial charge in [-0.3, -0.25) is 4.79 Å². The Hall–Kier alpha value is -0.680. The molecule has 1 amide bonds. The molecule has 4 nitrogen and oxygen atoms in total.